The SMILES string of the molecule is O=C(O)[C@@H](CS)NO. The summed E-state index contributed by atoms with van der Waals surface area (Å²) in [5.74, 6) is -1.03. The van der Waals surface area contributed by atoms with Crippen molar-refractivity contribution >= 4 is 18.6 Å². The van der Waals surface area contributed by atoms with Crippen LogP contribution in [0.5, 0.6) is 0 Å². The minimum Gasteiger partial charge on any atom is -0.480 e. The van der Waals surface area contributed by atoms with Crippen LogP contribution < -0.4 is 5.48 Å². The Kier molecular flexibility index (Phi) is 3.59. The maximum Gasteiger partial charge on any atom is 0.323 e. The van der Waals surface area contributed by atoms with E-state index in [9.17, 15) is 4.79 Å². The Morgan fingerprint density at radius 2 is 2.38 bits per heavy atom. The van der Waals surface area contributed by atoms with Gasteiger partial charge in [0.05, 0.1) is 0 Å². The number of nitrogens with one attached hydrogen (secondary N) is 1. The van der Waals surface area contributed by atoms with Gasteiger partial charge < -0.3 is 10.3 Å². The zero-order valence-corrected chi connectivity index (χ0v) is 4.93. The first-order valence-electron chi connectivity index (χ1n) is 1.95. The third-order valence-corrected chi connectivity index (χ3v) is 1.00. The van der Waals surface area contributed by atoms with E-state index in [0.717, 1.165) is 0 Å². The molecule has 0 rings (SSSR count). The molecule has 0 heterocycles. The highest BCUT2D eigenvalue weighted by Gasteiger charge is 2.11. The molecule has 3 N–H and O–H groups in total. The van der Waals surface area contributed by atoms with Gasteiger partial charge in [0.2, 0.25) is 0 Å². The van der Waals surface area contributed by atoms with Gasteiger partial charge in [0.15, 0.2) is 0 Å². The van der Waals surface area contributed by atoms with Gasteiger partial charge in [-0.05, 0) is 0 Å². The van der Waals surface area contributed by atoms with E-state index in [-0.39, 0.29) is 5.75 Å². The lowest BCUT2D eigenvalue weighted by atomic mass is 10.4. The van der Waals surface area contributed by atoms with Crippen LogP contribution in [0.3, 0.4) is 0 Å². The number of hydroxylamine groups is 1. The number of aliphatic carboxylic acids is 1. The van der Waals surface area contributed by atoms with Crippen LogP contribution in [0, 0.1) is 0 Å². The average Bonchev–Trinajstić information content (AvgIpc) is 1.69. The van der Waals surface area contributed by atoms with Crippen LogP contribution in [0.2, 0.25) is 0 Å². The lowest BCUT2D eigenvalue weighted by Gasteiger charge is -2.03. The molecule has 0 aliphatic carbocycles. The van der Waals surface area contributed by atoms with Gasteiger partial charge in [0.25, 0.3) is 0 Å². The summed E-state index contributed by atoms with van der Waals surface area (Å²) in [7, 11) is 0. The fraction of sp³-hybridized carbons (Fsp3) is 0.667. The molecule has 0 saturated carbocycles. The molecule has 1 atom stereocenters. The zero-order valence-electron chi connectivity index (χ0n) is 4.03. The van der Waals surface area contributed by atoms with Gasteiger partial charge in [-0.1, -0.05) is 0 Å². The van der Waals surface area contributed by atoms with E-state index in [1.807, 2.05) is 0 Å². The Balaban J connectivity index is 3.52. The van der Waals surface area contributed by atoms with Crippen LogP contribution in [-0.4, -0.2) is 28.1 Å². The first-order chi connectivity index (χ1) is 3.72. The largest absolute Gasteiger partial charge is 0.480 e. The van der Waals surface area contributed by atoms with Gasteiger partial charge in [-0.3, -0.25) is 4.79 Å². The lowest BCUT2D eigenvalue weighted by Crippen LogP contribution is -2.35. The van der Waals surface area contributed by atoms with Crippen molar-refractivity contribution in [2.24, 2.45) is 0 Å². The number of thiol groups is 1. The van der Waals surface area contributed by atoms with Crippen LogP contribution in [-0.2, 0) is 4.79 Å². The first kappa shape index (κ1) is 7.74. The van der Waals surface area contributed by atoms with Gasteiger partial charge in [-0.25, -0.2) is 0 Å². The molecule has 0 bridgehead atoms. The molecule has 0 radical (unpaired) electrons. The summed E-state index contributed by atoms with van der Waals surface area (Å²) < 4.78 is 0. The third-order valence-electron chi connectivity index (χ3n) is 0.637. The summed E-state index contributed by atoms with van der Waals surface area (Å²) in [5, 5.41) is 16.1. The molecular formula is C3H7NO3S. The zero-order chi connectivity index (χ0) is 6.57. The van der Waals surface area contributed by atoms with E-state index in [1.54, 1.807) is 5.48 Å². The lowest BCUT2D eigenvalue weighted by molar-refractivity contribution is -0.141. The standard InChI is InChI=1S/C3H7NO3S/c5-3(6)2(1-8)4-7/h2,4,7-8H,1H2,(H,5,6)/t2-/m1/s1. The van der Waals surface area contributed by atoms with E-state index < -0.39 is 12.0 Å². The minimum absolute atomic E-state index is 0.0752. The molecule has 4 nitrogen and oxygen atoms in total. The molecular weight excluding hydrogens is 130 g/mol. The second-order valence-electron chi connectivity index (χ2n) is 1.20. The van der Waals surface area contributed by atoms with Crippen molar-refractivity contribution in [3.63, 3.8) is 0 Å². The van der Waals surface area contributed by atoms with Crippen LogP contribution in [0.4, 0.5) is 0 Å². The number of carbonyl (C=O) groups is 1. The molecule has 0 unspecified atom stereocenters. The molecule has 0 aromatic carbocycles. The van der Waals surface area contributed by atoms with E-state index in [2.05, 4.69) is 12.6 Å². The molecule has 0 aromatic rings. The molecule has 48 valence electrons. The van der Waals surface area contributed by atoms with Crippen molar-refractivity contribution in [3.05, 3.63) is 0 Å². The quantitative estimate of drug-likeness (QED) is 0.308. The van der Waals surface area contributed by atoms with Gasteiger partial charge >= 0.3 is 5.97 Å². The highest BCUT2D eigenvalue weighted by atomic mass is 32.1. The number of rotatable bonds is 3. The van der Waals surface area contributed by atoms with Crippen molar-refractivity contribution < 1.29 is 15.1 Å². The van der Waals surface area contributed by atoms with Crippen molar-refractivity contribution in [1.82, 2.24) is 5.48 Å². The topological polar surface area (TPSA) is 69.6 Å². The monoisotopic (exact) mass is 137 g/mol. The normalized spacial score (nSPS) is 13.2. The minimum atomic E-state index is -1.11. The highest BCUT2D eigenvalue weighted by Crippen LogP contribution is 1.84. The second kappa shape index (κ2) is 3.71. The number of hydrogen-bond donors (Lipinski definition) is 4. The molecule has 5 heteroatoms. The van der Waals surface area contributed by atoms with E-state index in [0.29, 0.717) is 0 Å². The molecule has 8 heavy (non-hydrogen) atoms. The second-order valence-corrected chi connectivity index (χ2v) is 1.57. The van der Waals surface area contributed by atoms with Gasteiger partial charge in [-0.2, -0.15) is 18.1 Å². The fourth-order valence-electron chi connectivity index (χ4n) is 0.174. The average molecular weight is 137 g/mol. The summed E-state index contributed by atoms with van der Waals surface area (Å²) in [5.41, 5.74) is 1.58. The Bertz CT molecular complexity index is 82.6. The van der Waals surface area contributed by atoms with Crippen LogP contribution in [0.25, 0.3) is 0 Å². The summed E-state index contributed by atoms with van der Waals surface area (Å²) >= 11 is 3.63. The maximum atomic E-state index is 9.89. The van der Waals surface area contributed by atoms with Gasteiger partial charge in [0, 0.05) is 5.75 Å². The molecule has 0 spiro atoms. The van der Waals surface area contributed by atoms with Gasteiger partial charge in [0.1, 0.15) is 6.04 Å². The highest BCUT2D eigenvalue weighted by molar-refractivity contribution is 7.80. The molecule has 0 aliphatic rings. The number of carboxylic acid groups (broad SMARTS) is 1. The molecule has 0 aromatic heterocycles. The van der Waals surface area contributed by atoms with E-state index >= 15 is 0 Å². The molecule has 0 saturated heterocycles. The molecule has 0 aliphatic heterocycles. The van der Waals surface area contributed by atoms with Gasteiger partial charge in [-0.15, -0.1) is 0 Å². The fourth-order valence-corrected chi connectivity index (χ4v) is 0.412. The number of hydrogen-bond acceptors (Lipinski definition) is 4. The number of carboxylic acids is 1. The molecule has 0 fully saturated rings. The summed E-state index contributed by atoms with van der Waals surface area (Å²) in [6, 6.07) is -0.960. The van der Waals surface area contributed by atoms with Crippen molar-refractivity contribution in [2.75, 3.05) is 5.75 Å². The Labute approximate surface area is 51.9 Å². The third kappa shape index (κ3) is 2.15. The first-order valence-corrected chi connectivity index (χ1v) is 2.59. The predicted octanol–water partition coefficient (Wildman–Crippen LogP) is -0.652. The van der Waals surface area contributed by atoms with Crippen molar-refractivity contribution in [3.8, 4) is 0 Å². The predicted molar refractivity (Wildman–Crippen MR) is 30.2 cm³/mol. The van der Waals surface area contributed by atoms with E-state index in [1.165, 1.54) is 0 Å². The summed E-state index contributed by atoms with van der Waals surface area (Å²) in [4.78, 5) is 9.89. The van der Waals surface area contributed by atoms with E-state index in [4.69, 9.17) is 10.3 Å². The van der Waals surface area contributed by atoms with Crippen LogP contribution >= 0.6 is 12.6 Å². The van der Waals surface area contributed by atoms with Crippen LogP contribution in [0.15, 0.2) is 0 Å². The maximum absolute atomic E-state index is 9.89. The van der Waals surface area contributed by atoms with Crippen molar-refractivity contribution in [2.45, 2.75) is 6.04 Å². The van der Waals surface area contributed by atoms with Crippen LogP contribution in [0.1, 0.15) is 0 Å². The molecule has 0 amide bonds. The Morgan fingerprint density at radius 1 is 1.88 bits per heavy atom. The summed E-state index contributed by atoms with van der Waals surface area (Å²) in [6.45, 7) is 0. The smallest absolute Gasteiger partial charge is 0.323 e. The Morgan fingerprint density at radius 3 is 2.38 bits per heavy atom. The van der Waals surface area contributed by atoms with Crippen molar-refractivity contribution in [1.29, 1.82) is 0 Å². The summed E-state index contributed by atoms with van der Waals surface area (Å²) in [6.07, 6.45) is 0. The Hall–Kier alpha value is -0.260.